The number of anilines is 2. The van der Waals surface area contributed by atoms with Gasteiger partial charge in [-0.15, -0.1) is 0 Å². The molecule has 3 aliphatic heterocycles. The van der Waals surface area contributed by atoms with E-state index in [4.69, 9.17) is 14.6 Å². The number of esters is 1. The number of aliphatic hydroxyl groups is 1. The van der Waals surface area contributed by atoms with Crippen molar-refractivity contribution in [2.24, 2.45) is 11.8 Å². The molecule has 5 atom stereocenters. The van der Waals surface area contributed by atoms with Crippen LogP contribution in [-0.2, 0) is 23.9 Å². The van der Waals surface area contributed by atoms with Crippen LogP contribution < -0.4 is 10.2 Å². The van der Waals surface area contributed by atoms with Crippen LogP contribution in [0.5, 0.6) is 0 Å². The van der Waals surface area contributed by atoms with E-state index in [1.54, 1.807) is 11.8 Å². The monoisotopic (exact) mass is 501 g/mol. The third kappa shape index (κ3) is 4.59. The van der Waals surface area contributed by atoms with Crippen molar-refractivity contribution in [3.05, 3.63) is 24.3 Å². The van der Waals surface area contributed by atoms with Gasteiger partial charge in [0, 0.05) is 37.6 Å². The van der Waals surface area contributed by atoms with Crippen LogP contribution in [0.2, 0.25) is 0 Å². The molecule has 0 unspecified atom stereocenters. The molecule has 2 bridgehead atoms. The predicted octanol–water partition coefficient (Wildman–Crippen LogP) is 2.57. The molecule has 2 N–H and O–H groups in total. The molecule has 3 saturated heterocycles. The zero-order valence-electron chi connectivity index (χ0n) is 21.6. The van der Waals surface area contributed by atoms with Gasteiger partial charge in [0.15, 0.2) is 0 Å². The number of hydrogen-bond acceptors (Lipinski definition) is 7. The highest BCUT2D eigenvalue weighted by Crippen LogP contribution is 2.58. The van der Waals surface area contributed by atoms with Gasteiger partial charge in [-0.25, -0.2) is 0 Å². The van der Waals surface area contributed by atoms with E-state index in [-0.39, 0.29) is 25.0 Å². The molecule has 0 aliphatic carbocycles. The van der Waals surface area contributed by atoms with Crippen LogP contribution in [0.4, 0.5) is 11.4 Å². The van der Waals surface area contributed by atoms with Crippen LogP contribution in [-0.4, -0.2) is 78.4 Å². The molecule has 4 rings (SSSR count). The normalized spacial score (nSPS) is 28.3. The fourth-order valence-electron chi connectivity index (χ4n) is 6.33. The summed E-state index contributed by atoms with van der Waals surface area (Å²) in [6.07, 6.45) is 2.80. The van der Waals surface area contributed by atoms with Crippen molar-refractivity contribution in [1.29, 1.82) is 0 Å². The number of ether oxygens (including phenoxy) is 2. The Hall–Kier alpha value is -2.65. The smallest absolute Gasteiger partial charge is 0.312 e. The van der Waals surface area contributed by atoms with Crippen molar-refractivity contribution in [1.82, 2.24) is 4.90 Å². The van der Waals surface area contributed by atoms with Gasteiger partial charge < -0.3 is 29.7 Å². The molecule has 3 fully saturated rings. The topological polar surface area (TPSA) is 108 Å². The second kappa shape index (κ2) is 11.2. The Labute approximate surface area is 213 Å². The summed E-state index contributed by atoms with van der Waals surface area (Å²) < 4.78 is 11.7. The second-order valence-electron chi connectivity index (χ2n) is 9.83. The fourth-order valence-corrected chi connectivity index (χ4v) is 6.33. The van der Waals surface area contributed by atoms with Crippen LogP contribution in [0.3, 0.4) is 0 Å². The number of hydrogen-bond donors (Lipinski definition) is 2. The van der Waals surface area contributed by atoms with Gasteiger partial charge in [-0.2, -0.15) is 0 Å². The summed E-state index contributed by atoms with van der Waals surface area (Å²) >= 11 is 0. The van der Waals surface area contributed by atoms with E-state index in [1.165, 1.54) is 0 Å². The van der Waals surface area contributed by atoms with Crippen LogP contribution >= 0.6 is 0 Å². The van der Waals surface area contributed by atoms with E-state index < -0.39 is 35.6 Å². The largest absolute Gasteiger partial charge is 0.466 e. The molecular formula is C27H39N3O6. The standard InChI is InChI=1S/C27H39N3O6/c1-4-29(5-2)19-12-10-18(11-13-19)28-24(32)23-27-15-14-20(36-27)21(26(34)35-6-3)22(27)25(33)30(23)16-8-7-9-17-31/h10-13,20-23,31H,4-9,14-17H2,1-3H3,(H,28,32)/t20-,21+,22+,23-,27+/m1/s1. The molecule has 36 heavy (non-hydrogen) atoms. The summed E-state index contributed by atoms with van der Waals surface area (Å²) in [4.78, 5) is 44.1. The lowest BCUT2D eigenvalue weighted by Crippen LogP contribution is -2.53. The Morgan fingerprint density at radius 2 is 1.89 bits per heavy atom. The number of likely N-dealkylation sites (tertiary alicyclic amines) is 1. The van der Waals surface area contributed by atoms with Gasteiger partial charge in [0.05, 0.1) is 24.5 Å². The highest BCUT2D eigenvalue weighted by molar-refractivity contribution is 6.03. The molecule has 3 aliphatic rings. The maximum absolute atomic E-state index is 13.8. The lowest BCUT2D eigenvalue weighted by atomic mass is 9.71. The second-order valence-corrected chi connectivity index (χ2v) is 9.83. The SMILES string of the molecule is CCOC(=O)[C@@H]1[C@H]2C(=O)N(CCCCCO)[C@H](C(=O)Nc3ccc(N(CC)CC)cc3)[C@]23CC[C@H]1O3. The number of fused-ring (bicyclic) bond motifs is 1. The maximum Gasteiger partial charge on any atom is 0.312 e. The Morgan fingerprint density at radius 3 is 2.53 bits per heavy atom. The van der Waals surface area contributed by atoms with Crippen molar-refractivity contribution in [2.45, 2.75) is 70.6 Å². The average Bonchev–Trinajstić information content (AvgIpc) is 3.51. The Kier molecular flexibility index (Phi) is 8.20. The number of nitrogens with zero attached hydrogens (tertiary/aromatic N) is 2. The maximum atomic E-state index is 13.8. The fraction of sp³-hybridized carbons (Fsp3) is 0.667. The third-order valence-electron chi connectivity index (χ3n) is 7.93. The van der Waals surface area contributed by atoms with E-state index in [0.29, 0.717) is 37.9 Å². The van der Waals surface area contributed by atoms with Crippen LogP contribution in [0.1, 0.15) is 52.9 Å². The number of unbranched alkanes of at least 4 members (excludes halogenated alkanes) is 2. The Balaban J connectivity index is 1.59. The molecule has 1 aromatic carbocycles. The lowest BCUT2D eigenvalue weighted by Gasteiger charge is -2.33. The van der Waals surface area contributed by atoms with Crippen LogP contribution in [0.15, 0.2) is 24.3 Å². The predicted molar refractivity (Wildman–Crippen MR) is 136 cm³/mol. The molecular weight excluding hydrogens is 462 g/mol. The summed E-state index contributed by atoms with van der Waals surface area (Å²) in [5.41, 5.74) is 0.702. The summed E-state index contributed by atoms with van der Waals surface area (Å²) in [6.45, 7) is 8.41. The Morgan fingerprint density at radius 1 is 1.17 bits per heavy atom. The summed E-state index contributed by atoms with van der Waals surface area (Å²) in [7, 11) is 0. The first-order chi connectivity index (χ1) is 17.4. The van der Waals surface area contributed by atoms with E-state index in [1.807, 2.05) is 24.3 Å². The highest BCUT2D eigenvalue weighted by Gasteiger charge is 2.74. The van der Waals surface area contributed by atoms with Gasteiger partial charge in [0.2, 0.25) is 11.8 Å². The minimum Gasteiger partial charge on any atom is -0.466 e. The van der Waals surface area contributed by atoms with Crippen molar-refractivity contribution < 1.29 is 29.0 Å². The molecule has 0 saturated carbocycles. The number of benzene rings is 1. The number of nitrogens with one attached hydrogen (secondary N) is 1. The van der Waals surface area contributed by atoms with Crippen molar-refractivity contribution in [3.63, 3.8) is 0 Å². The number of rotatable bonds is 12. The summed E-state index contributed by atoms with van der Waals surface area (Å²) in [5, 5.41) is 12.2. The van der Waals surface area contributed by atoms with Gasteiger partial charge in [-0.3, -0.25) is 14.4 Å². The number of aliphatic hydroxyl groups excluding tert-OH is 1. The van der Waals surface area contributed by atoms with Gasteiger partial charge in [-0.1, -0.05) is 0 Å². The van der Waals surface area contributed by atoms with Gasteiger partial charge in [0.1, 0.15) is 11.6 Å². The first-order valence-electron chi connectivity index (χ1n) is 13.3. The molecule has 9 heteroatoms. The molecule has 0 radical (unpaired) electrons. The first-order valence-corrected chi connectivity index (χ1v) is 13.3. The van der Waals surface area contributed by atoms with E-state index >= 15 is 0 Å². The van der Waals surface area contributed by atoms with Crippen LogP contribution in [0.25, 0.3) is 0 Å². The zero-order valence-corrected chi connectivity index (χ0v) is 21.6. The summed E-state index contributed by atoms with van der Waals surface area (Å²) in [5.74, 6) is -2.33. The minimum absolute atomic E-state index is 0.0869. The van der Waals surface area contributed by atoms with E-state index in [0.717, 1.165) is 25.2 Å². The van der Waals surface area contributed by atoms with Gasteiger partial charge >= 0.3 is 5.97 Å². The van der Waals surface area contributed by atoms with Crippen molar-refractivity contribution in [2.75, 3.05) is 43.1 Å². The van der Waals surface area contributed by atoms with Crippen molar-refractivity contribution in [3.8, 4) is 0 Å². The molecule has 3 heterocycles. The van der Waals surface area contributed by atoms with Crippen LogP contribution in [0, 0.1) is 11.8 Å². The number of carbonyl (C=O) groups is 3. The minimum atomic E-state index is -1.03. The zero-order chi connectivity index (χ0) is 25.9. The first kappa shape index (κ1) is 26.4. The van der Waals surface area contributed by atoms with Gasteiger partial charge in [0.25, 0.3) is 0 Å². The third-order valence-corrected chi connectivity index (χ3v) is 7.93. The quantitative estimate of drug-likeness (QED) is 0.335. The van der Waals surface area contributed by atoms with E-state index in [2.05, 4.69) is 24.1 Å². The van der Waals surface area contributed by atoms with Gasteiger partial charge in [-0.05, 0) is 77.1 Å². The average molecular weight is 502 g/mol. The summed E-state index contributed by atoms with van der Waals surface area (Å²) in [6, 6.07) is 6.88. The van der Waals surface area contributed by atoms with E-state index in [9.17, 15) is 14.4 Å². The Bertz CT molecular complexity index is 949. The molecule has 2 amide bonds. The molecule has 1 aromatic rings. The highest BCUT2D eigenvalue weighted by atomic mass is 16.6. The molecule has 0 aromatic heterocycles. The van der Waals surface area contributed by atoms with Crippen molar-refractivity contribution >= 4 is 29.2 Å². The lowest BCUT2D eigenvalue weighted by molar-refractivity contribution is -0.154. The number of amides is 2. The molecule has 1 spiro atoms. The molecule has 9 nitrogen and oxygen atoms in total. The number of carbonyl (C=O) groups excluding carboxylic acids is 3. The molecule has 198 valence electrons.